The van der Waals surface area contributed by atoms with E-state index in [9.17, 15) is 9.59 Å². The molecule has 0 saturated carbocycles. The number of nitrogens with zero attached hydrogens (tertiary/aromatic N) is 2. The molecule has 2 N–H and O–H groups in total. The molecule has 1 aliphatic heterocycles. The molecule has 0 spiro atoms. The largest absolute Gasteiger partial charge is 0.324 e. The minimum Gasteiger partial charge on any atom is -0.324 e. The Kier molecular flexibility index (Phi) is 4.83. The number of fused-ring (bicyclic) bond motifs is 3. The Labute approximate surface area is 168 Å². The average Bonchev–Trinajstić information content (AvgIpc) is 2.77. The van der Waals surface area contributed by atoms with Gasteiger partial charge in [-0.05, 0) is 42.0 Å². The fraction of sp³-hybridized carbons (Fsp3) is 0.0870. The first kappa shape index (κ1) is 18.4. The van der Waals surface area contributed by atoms with Crippen molar-refractivity contribution in [2.24, 2.45) is 0 Å². The van der Waals surface area contributed by atoms with Gasteiger partial charge in [0.15, 0.2) is 0 Å². The lowest BCUT2D eigenvalue weighted by Gasteiger charge is -2.25. The fourth-order valence-corrected chi connectivity index (χ4v) is 3.34. The summed E-state index contributed by atoms with van der Waals surface area (Å²) in [6.07, 6.45) is 0. The van der Waals surface area contributed by atoms with Crippen LogP contribution in [0.2, 0.25) is 0 Å². The molecule has 0 atom stereocenters. The number of amides is 2. The molecule has 0 unspecified atom stereocenters. The van der Waals surface area contributed by atoms with E-state index in [1.54, 1.807) is 66.5 Å². The third-order valence-electron chi connectivity index (χ3n) is 4.87. The summed E-state index contributed by atoms with van der Waals surface area (Å²) in [5.74, 6) is -0.500. The van der Waals surface area contributed by atoms with Gasteiger partial charge in [0, 0.05) is 18.2 Å². The van der Waals surface area contributed by atoms with Gasteiger partial charge in [0.05, 0.1) is 17.9 Å². The average molecular weight is 384 g/mol. The van der Waals surface area contributed by atoms with Crippen LogP contribution in [0.3, 0.4) is 0 Å². The lowest BCUT2D eigenvalue weighted by atomic mass is 10.1. The zero-order valence-electron chi connectivity index (χ0n) is 15.9. The molecule has 0 aromatic heterocycles. The second-order valence-corrected chi connectivity index (χ2v) is 6.81. The molecule has 6 heteroatoms. The number of rotatable bonds is 1. The van der Waals surface area contributed by atoms with Gasteiger partial charge < -0.3 is 10.2 Å². The van der Waals surface area contributed by atoms with Crippen molar-refractivity contribution in [2.45, 2.75) is 6.54 Å². The highest BCUT2D eigenvalue weighted by Crippen LogP contribution is 2.27. The summed E-state index contributed by atoms with van der Waals surface area (Å²) in [4.78, 5) is 29.1. The Morgan fingerprint density at radius 2 is 1.69 bits per heavy atom. The highest BCUT2D eigenvalue weighted by atomic mass is 16.2. The smallest absolute Gasteiger partial charge is 0.260 e. The fourth-order valence-electron chi connectivity index (χ4n) is 3.34. The SMILES string of the molecule is CN1C(=O)c2cccc(c2)CN(C(=O)c2ccccc2)C(=N)Nc2ccccc21. The lowest BCUT2D eigenvalue weighted by molar-refractivity contribution is 0.0838. The number of hydrogen-bond acceptors (Lipinski definition) is 3. The Balaban J connectivity index is 1.83. The Bertz CT molecular complexity index is 1090. The van der Waals surface area contributed by atoms with Crippen molar-refractivity contribution in [1.29, 1.82) is 5.41 Å². The molecule has 6 nitrogen and oxygen atoms in total. The van der Waals surface area contributed by atoms with Crippen LogP contribution < -0.4 is 10.2 Å². The molecule has 0 aliphatic carbocycles. The van der Waals surface area contributed by atoms with Gasteiger partial charge >= 0.3 is 0 Å². The van der Waals surface area contributed by atoms with Crippen LogP contribution in [0.1, 0.15) is 26.3 Å². The molecule has 1 heterocycles. The number of carbonyl (C=O) groups is 2. The lowest BCUT2D eigenvalue weighted by Crippen LogP contribution is -2.40. The predicted molar refractivity (Wildman–Crippen MR) is 113 cm³/mol. The van der Waals surface area contributed by atoms with E-state index in [1.165, 1.54) is 4.90 Å². The molecule has 1 aliphatic rings. The Hall–Kier alpha value is -3.93. The second-order valence-electron chi connectivity index (χ2n) is 6.81. The highest BCUT2D eigenvalue weighted by Gasteiger charge is 2.24. The van der Waals surface area contributed by atoms with E-state index in [4.69, 9.17) is 5.41 Å². The molecular weight excluding hydrogens is 364 g/mol. The standard InChI is InChI=1S/C23H20N4O2/c1-26-20-13-6-5-12-19(20)25-23(24)27(22(29)17-9-3-2-4-10-17)15-16-8-7-11-18(14-16)21(26)28/h2-14H,15H2,1H3,(H2,24,25). The van der Waals surface area contributed by atoms with E-state index in [1.807, 2.05) is 24.3 Å². The van der Waals surface area contributed by atoms with Gasteiger partial charge in [-0.15, -0.1) is 0 Å². The first-order valence-corrected chi connectivity index (χ1v) is 9.23. The molecule has 29 heavy (non-hydrogen) atoms. The summed E-state index contributed by atoms with van der Waals surface area (Å²) in [7, 11) is 1.70. The second kappa shape index (κ2) is 7.59. The number of nitrogens with one attached hydrogen (secondary N) is 2. The molecule has 0 fully saturated rings. The van der Waals surface area contributed by atoms with Gasteiger partial charge in [0.1, 0.15) is 0 Å². The van der Waals surface area contributed by atoms with Crippen molar-refractivity contribution in [2.75, 3.05) is 17.3 Å². The maximum atomic E-state index is 13.2. The Morgan fingerprint density at radius 1 is 0.966 bits per heavy atom. The maximum absolute atomic E-state index is 13.2. The van der Waals surface area contributed by atoms with Crippen molar-refractivity contribution >= 4 is 29.1 Å². The summed E-state index contributed by atoms with van der Waals surface area (Å²) in [5, 5.41) is 11.6. The third kappa shape index (κ3) is 3.60. The highest BCUT2D eigenvalue weighted by molar-refractivity contribution is 6.12. The normalized spacial score (nSPS) is 14.0. The first-order valence-electron chi connectivity index (χ1n) is 9.23. The van der Waals surface area contributed by atoms with Crippen molar-refractivity contribution in [3.8, 4) is 0 Å². The van der Waals surface area contributed by atoms with E-state index < -0.39 is 0 Å². The van der Waals surface area contributed by atoms with Crippen LogP contribution in [-0.4, -0.2) is 29.7 Å². The first-order chi connectivity index (χ1) is 14.0. The van der Waals surface area contributed by atoms with Crippen molar-refractivity contribution in [3.05, 3.63) is 95.6 Å². The van der Waals surface area contributed by atoms with E-state index in [-0.39, 0.29) is 24.3 Å². The van der Waals surface area contributed by atoms with Gasteiger partial charge in [-0.3, -0.25) is 19.9 Å². The number of benzene rings is 3. The van der Waals surface area contributed by atoms with Crippen LogP contribution in [0.4, 0.5) is 11.4 Å². The van der Waals surface area contributed by atoms with Crippen LogP contribution in [0, 0.1) is 5.41 Å². The van der Waals surface area contributed by atoms with Gasteiger partial charge in [-0.2, -0.15) is 0 Å². The number of anilines is 2. The van der Waals surface area contributed by atoms with E-state index in [2.05, 4.69) is 5.32 Å². The molecule has 3 aromatic carbocycles. The molecule has 0 saturated heterocycles. The summed E-state index contributed by atoms with van der Waals surface area (Å²) < 4.78 is 0. The van der Waals surface area contributed by atoms with Crippen LogP contribution in [0.25, 0.3) is 0 Å². The number of carbonyl (C=O) groups excluding carboxylic acids is 2. The van der Waals surface area contributed by atoms with Crippen LogP contribution in [0.15, 0.2) is 78.9 Å². The summed E-state index contributed by atoms with van der Waals surface area (Å²) in [5.41, 5.74) is 2.99. The molecule has 2 amide bonds. The molecule has 2 bridgehead atoms. The van der Waals surface area contributed by atoms with Crippen LogP contribution in [0.5, 0.6) is 0 Å². The number of hydrogen-bond donors (Lipinski definition) is 2. The molecule has 0 radical (unpaired) electrons. The molecule has 4 rings (SSSR count). The van der Waals surface area contributed by atoms with Gasteiger partial charge in [-0.25, -0.2) is 0 Å². The van der Waals surface area contributed by atoms with Crippen LogP contribution in [-0.2, 0) is 6.54 Å². The zero-order valence-corrected chi connectivity index (χ0v) is 15.9. The zero-order chi connectivity index (χ0) is 20.4. The summed E-state index contributed by atoms with van der Waals surface area (Å²) in [6.45, 7) is 0.173. The minimum absolute atomic E-state index is 0.0561. The quantitative estimate of drug-likeness (QED) is 0.667. The predicted octanol–water partition coefficient (Wildman–Crippen LogP) is 3.97. The minimum atomic E-state index is -0.287. The number of guanidine groups is 1. The monoisotopic (exact) mass is 384 g/mol. The van der Waals surface area contributed by atoms with Gasteiger partial charge in [0.25, 0.3) is 11.8 Å². The summed E-state index contributed by atoms with van der Waals surface area (Å²) in [6, 6.07) is 23.3. The van der Waals surface area contributed by atoms with E-state index >= 15 is 0 Å². The van der Waals surface area contributed by atoms with Gasteiger partial charge in [0.2, 0.25) is 5.96 Å². The number of para-hydroxylation sites is 2. The summed E-state index contributed by atoms with van der Waals surface area (Å²) >= 11 is 0. The Morgan fingerprint density at radius 3 is 2.48 bits per heavy atom. The van der Waals surface area contributed by atoms with Crippen molar-refractivity contribution in [3.63, 3.8) is 0 Å². The molecule has 144 valence electrons. The molecular formula is C23H20N4O2. The third-order valence-corrected chi connectivity index (χ3v) is 4.87. The van der Waals surface area contributed by atoms with Crippen molar-refractivity contribution in [1.82, 2.24) is 4.90 Å². The molecule has 3 aromatic rings. The maximum Gasteiger partial charge on any atom is 0.260 e. The topological polar surface area (TPSA) is 76.5 Å². The van der Waals surface area contributed by atoms with Crippen molar-refractivity contribution < 1.29 is 9.59 Å². The van der Waals surface area contributed by atoms with Gasteiger partial charge in [-0.1, -0.05) is 42.5 Å². The van der Waals surface area contributed by atoms with E-state index in [0.717, 1.165) is 5.56 Å². The van der Waals surface area contributed by atoms with Crippen LogP contribution >= 0.6 is 0 Å². The van der Waals surface area contributed by atoms with E-state index in [0.29, 0.717) is 22.5 Å².